The van der Waals surface area contributed by atoms with Gasteiger partial charge in [0.15, 0.2) is 0 Å². The summed E-state index contributed by atoms with van der Waals surface area (Å²) in [5.41, 5.74) is 1.42. The van der Waals surface area contributed by atoms with Gasteiger partial charge in [0.25, 0.3) is 0 Å². The van der Waals surface area contributed by atoms with Crippen molar-refractivity contribution in [1.29, 1.82) is 0 Å². The molecule has 0 radical (unpaired) electrons. The molecule has 0 aromatic heterocycles. The van der Waals surface area contributed by atoms with Gasteiger partial charge in [-0.2, -0.15) is 0 Å². The molecule has 3 heteroatoms. The van der Waals surface area contributed by atoms with Crippen LogP contribution in [0, 0.1) is 11.3 Å². The first-order valence-corrected chi connectivity index (χ1v) is 6.71. The number of benzene rings is 1. The van der Waals surface area contributed by atoms with E-state index in [1.807, 2.05) is 12.1 Å². The van der Waals surface area contributed by atoms with E-state index in [9.17, 15) is 0 Å². The first-order valence-electron chi connectivity index (χ1n) is 5.95. The minimum Gasteiger partial charge on any atom is -0.312 e. The summed E-state index contributed by atoms with van der Waals surface area (Å²) in [5.74, 6) is 0.619. The molecule has 0 aliphatic heterocycles. The second-order valence-electron chi connectivity index (χ2n) is 5.63. The van der Waals surface area contributed by atoms with Crippen LogP contribution in [-0.4, -0.2) is 6.54 Å². The van der Waals surface area contributed by atoms with Crippen LogP contribution in [-0.2, 0) is 6.54 Å². The lowest BCUT2D eigenvalue weighted by atomic mass is 9.82. The smallest absolute Gasteiger partial charge is 0.0465 e. The number of hydrogen-bond donors (Lipinski definition) is 1. The molecule has 0 amide bonds. The lowest BCUT2D eigenvalue weighted by molar-refractivity contribution is 0.252. The van der Waals surface area contributed by atoms with E-state index in [1.54, 1.807) is 6.07 Å². The summed E-state index contributed by atoms with van der Waals surface area (Å²) in [5, 5.41) is 4.85. The van der Waals surface area contributed by atoms with E-state index >= 15 is 0 Å². The van der Waals surface area contributed by atoms with E-state index in [-0.39, 0.29) is 0 Å². The topological polar surface area (TPSA) is 12.0 Å². The molecule has 1 rings (SSSR count). The Hall–Kier alpha value is -0.240. The molecule has 0 heterocycles. The number of hydrogen-bond acceptors (Lipinski definition) is 1. The van der Waals surface area contributed by atoms with E-state index < -0.39 is 0 Å². The number of halogens is 2. The third-order valence-electron chi connectivity index (χ3n) is 3.26. The van der Waals surface area contributed by atoms with E-state index in [2.05, 4.69) is 33.0 Å². The van der Waals surface area contributed by atoms with Crippen molar-refractivity contribution in [3.8, 4) is 0 Å². The van der Waals surface area contributed by atoms with Gasteiger partial charge in [-0.15, -0.1) is 0 Å². The number of nitrogens with one attached hydrogen (secondary N) is 1. The van der Waals surface area contributed by atoms with Gasteiger partial charge in [-0.05, 0) is 35.6 Å². The highest BCUT2D eigenvalue weighted by molar-refractivity contribution is 6.35. The Balaban J connectivity index is 2.46. The predicted octanol–water partition coefficient (Wildman–Crippen LogP) is 4.77. The van der Waals surface area contributed by atoms with E-state index in [4.69, 9.17) is 23.2 Å². The van der Waals surface area contributed by atoms with Crippen LogP contribution < -0.4 is 5.32 Å². The first-order chi connectivity index (χ1) is 7.80. The molecule has 1 unspecified atom stereocenters. The maximum absolute atomic E-state index is 6.11. The van der Waals surface area contributed by atoms with Crippen molar-refractivity contribution in [1.82, 2.24) is 5.32 Å². The van der Waals surface area contributed by atoms with Gasteiger partial charge in [0.1, 0.15) is 0 Å². The van der Waals surface area contributed by atoms with Gasteiger partial charge >= 0.3 is 0 Å². The van der Waals surface area contributed by atoms with Gasteiger partial charge in [-0.1, -0.05) is 57.0 Å². The summed E-state index contributed by atoms with van der Waals surface area (Å²) < 4.78 is 0. The largest absolute Gasteiger partial charge is 0.312 e. The highest BCUT2D eigenvalue weighted by Crippen LogP contribution is 2.25. The summed E-state index contributed by atoms with van der Waals surface area (Å²) in [7, 11) is 0. The van der Waals surface area contributed by atoms with Crippen molar-refractivity contribution in [3.05, 3.63) is 33.8 Å². The van der Waals surface area contributed by atoms with Crippen LogP contribution in [0.1, 0.15) is 33.3 Å². The van der Waals surface area contributed by atoms with E-state index in [1.165, 1.54) is 0 Å². The van der Waals surface area contributed by atoms with Gasteiger partial charge in [-0.25, -0.2) is 0 Å². The molecule has 0 bridgehead atoms. The van der Waals surface area contributed by atoms with Crippen molar-refractivity contribution >= 4 is 23.2 Å². The Morgan fingerprint density at radius 2 is 1.88 bits per heavy atom. The third kappa shape index (κ3) is 4.87. The average molecular weight is 274 g/mol. The molecule has 1 nitrogen and oxygen atoms in total. The van der Waals surface area contributed by atoms with Crippen LogP contribution >= 0.6 is 23.2 Å². The van der Waals surface area contributed by atoms with Crippen LogP contribution in [0.2, 0.25) is 10.0 Å². The van der Waals surface area contributed by atoms with Crippen LogP contribution in [0.4, 0.5) is 0 Å². The zero-order valence-electron chi connectivity index (χ0n) is 11.0. The molecule has 1 aromatic rings. The fourth-order valence-corrected chi connectivity index (χ4v) is 1.87. The Labute approximate surface area is 115 Å². The SMILES string of the molecule is CC(CNCc1ccc(Cl)cc1Cl)C(C)(C)C. The summed E-state index contributed by atoms with van der Waals surface area (Å²) in [6, 6.07) is 5.63. The molecule has 0 saturated carbocycles. The Bertz CT molecular complexity index is 369. The lowest BCUT2D eigenvalue weighted by Crippen LogP contribution is -2.29. The Morgan fingerprint density at radius 3 is 2.41 bits per heavy atom. The fraction of sp³-hybridized carbons (Fsp3) is 0.571. The van der Waals surface area contributed by atoms with Crippen molar-refractivity contribution in [2.45, 2.75) is 34.2 Å². The molecule has 96 valence electrons. The molecule has 0 aliphatic carbocycles. The lowest BCUT2D eigenvalue weighted by Gasteiger charge is -2.27. The fourth-order valence-electron chi connectivity index (χ4n) is 1.39. The highest BCUT2D eigenvalue weighted by Gasteiger charge is 2.19. The minimum absolute atomic E-state index is 0.330. The number of rotatable bonds is 4. The second kappa shape index (κ2) is 6.08. The summed E-state index contributed by atoms with van der Waals surface area (Å²) in [6.07, 6.45) is 0. The predicted molar refractivity (Wildman–Crippen MR) is 76.8 cm³/mol. The highest BCUT2D eigenvalue weighted by atomic mass is 35.5. The first kappa shape index (κ1) is 14.8. The van der Waals surface area contributed by atoms with Gasteiger partial charge in [0, 0.05) is 16.6 Å². The molecular formula is C14H21Cl2N. The van der Waals surface area contributed by atoms with Crippen molar-refractivity contribution in [2.75, 3.05) is 6.54 Å². The molecule has 0 spiro atoms. The van der Waals surface area contributed by atoms with E-state index in [0.717, 1.165) is 23.7 Å². The van der Waals surface area contributed by atoms with Gasteiger partial charge in [0.05, 0.1) is 0 Å². The molecule has 0 aliphatic rings. The molecule has 17 heavy (non-hydrogen) atoms. The Kier molecular flexibility index (Phi) is 5.30. The minimum atomic E-state index is 0.330. The zero-order valence-corrected chi connectivity index (χ0v) is 12.5. The van der Waals surface area contributed by atoms with Crippen LogP contribution in [0.15, 0.2) is 18.2 Å². The molecule has 0 fully saturated rings. The van der Waals surface area contributed by atoms with Crippen molar-refractivity contribution in [2.24, 2.45) is 11.3 Å². The Morgan fingerprint density at radius 1 is 1.24 bits per heavy atom. The molecule has 1 atom stereocenters. The maximum Gasteiger partial charge on any atom is 0.0465 e. The maximum atomic E-state index is 6.11. The van der Waals surface area contributed by atoms with Crippen LogP contribution in [0.3, 0.4) is 0 Å². The van der Waals surface area contributed by atoms with Gasteiger partial charge < -0.3 is 5.32 Å². The molecular weight excluding hydrogens is 253 g/mol. The summed E-state index contributed by atoms with van der Waals surface area (Å²) in [6.45, 7) is 10.8. The van der Waals surface area contributed by atoms with E-state index in [0.29, 0.717) is 16.4 Å². The van der Waals surface area contributed by atoms with Crippen LogP contribution in [0.5, 0.6) is 0 Å². The molecule has 1 aromatic carbocycles. The molecule has 1 N–H and O–H groups in total. The quantitative estimate of drug-likeness (QED) is 0.834. The second-order valence-corrected chi connectivity index (χ2v) is 6.48. The average Bonchev–Trinajstić information content (AvgIpc) is 2.19. The molecule has 0 saturated heterocycles. The summed E-state index contributed by atoms with van der Waals surface area (Å²) in [4.78, 5) is 0. The van der Waals surface area contributed by atoms with Gasteiger partial charge in [0.2, 0.25) is 0 Å². The standard InChI is InChI=1S/C14H21Cl2N/c1-10(14(2,3)4)8-17-9-11-5-6-12(15)7-13(11)16/h5-7,10,17H,8-9H2,1-4H3. The van der Waals surface area contributed by atoms with Crippen molar-refractivity contribution < 1.29 is 0 Å². The normalized spacial score (nSPS) is 13.8. The summed E-state index contributed by atoms with van der Waals surface area (Å²) >= 11 is 12.0. The third-order valence-corrected chi connectivity index (χ3v) is 3.85. The van der Waals surface area contributed by atoms with Crippen LogP contribution in [0.25, 0.3) is 0 Å². The van der Waals surface area contributed by atoms with Crippen molar-refractivity contribution in [3.63, 3.8) is 0 Å². The van der Waals surface area contributed by atoms with Gasteiger partial charge in [-0.3, -0.25) is 0 Å². The monoisotopic (exact) mass is 273 g/mol. The zero-order chi connectivity index (χ0) is 13.1.